The molecule has 0 aromatic heterocycles. The van der Waals surface area contributed by atoms with E-state index in [1.807, 2.05) is 6.07 Å². The van der Waals surface area contributed by atoms with Crippen molar-refractivity contribution < 1.29 is 14.4 Å². The fourth-order valence-electron chi connectivity index (χ4n) is 4.34. The lowest BCUT2D eigenvalue weighted by atomic mass is 9.86. The van der Waals surface area contributed by atoms with Crippen molar-refractivity contribution in [2.75, 3.05) is 19.6 Å². The maximum absolute atomic E-state index is 12.4. The predicted octanol–water partition coefficient (Wildman–Crippen LogP) is 2.88. The third-order valence-corrected chi connectivity index (χ3v) is 6.15. The molecule has 1 aliphatic carbocycles. The third kappa shape index (κ3) is 6.87. The minimum Gasteiger partial charge on any atom is -0.353 e. The van der Waals surface area contributed by atoms with Crippen molar-refractivity contribution in [2.24, 2.45) is 5.92 Å². The fraction of sp³-hybridized carbons (Fsp3) is 0.609. The molecular formula is C23H33N3O3. The van der Waals surface area contributed by atoms with Crippen LogP contribution in [0, 0.1) is 5.92 Å². The summed E-state index contributed by atoms with van der Waals surface area (Å²) >= 11 is 0. The number of rotatable bonds is 7. The van der Waals surface area contributed by atoms with Crippen LogP contribution in [0.4, 0.5) is 0 Å². The lowest BCUT2D eigenvalue weighted by Crippen LogP contribution is -2.49. The second-order valence-corrected chi connectivity index (χ2v) is 8.31. The first kappa shape index (κ1) is 21.3. The van der Waals surface area contributed by atoms with Crippen molar-refractivity contribution in [1.29, 1.82) is 0 Å². The Morgan fingerprint density at radius 1 is 0.931 bits per heavy atom. The number of hydrogen-bond donors (Lipinski definition) is 2. The Labute approximate surface area is 173 Å². The van der Waals surface area contributed by atoms with Crippen LogP contribution in [0.15, 0.2) is 30.3 Å². The lowest BCUT2D eigenvalue weighted by molar-refractivity contribution is -0.131. The minimum absolute atomic E-state index is 0.00609. The number of benzene rings is 1. The summed E-state index contributed by atoms with van der Waals surface area (Å²) in [5.74, 6) is 0.561. The summed E-state index contributed by atoms with van der Waals surface area (Å²) in [5, 5.41) is 5.83. The molecule has 3 rings (SSSR count). The van der Waals surface area contributed by atoms with E-state index in [2.05, 4.69) is 10.6 Å². The van der Waals surface area contributed by atoms with Crippen LogP contribution >= 0.6 is 0 Å². The molecule has 2 N–H and O–H groups in total. The Balaban J connectivity index is 1.31. The third-order valence-electron chi connectivity index (χ3n) is 6.15. The SMILES string of the molecule is O=C(CCC1CCCCC1)NC1CCN(C(=O)CNC(=O)c2ccccc2)CC1. The molecule has 0 unspecified atom stereocenters. The van der Waals surface area contributed by atoms with E-state index >= 15 is 0 Å². The van der Waals surface area contributed by atoms with Crippen LogP contribution in [0.5, 0.6) is 0 Å². The van der Waals surface area contributed by atoms with E-state index in [0.717, 1.165) is 25.2 Å². The van der Waals surface area contributed by atoms with Gasteiger partial charge in [0, 0.05) is 31.1 Å². The zero-order valence-corrected chi connectivity index (χ0v) is 17.2. The van der Waals surface area contributed by atoms with Crippen LogP contribution in [0.3, 0.4) is 0 Å². The van der Waals surface area contributed by atoms with Gasteiger partial charge in [-0.1, -0.05) is 50.3 Å². The maximum atomic E-state index is 12.4. The monoisotopic (exact) mass is 399 g/mol. The number of hydrogen-bond acceptors (Lipinski definition) is 3. The van der Waals surface area contributed by atoms with Gasteiger partial charge in [0.15, 0.2) is 0 Å². The number of carbonyl (C=O) groups excluding carboxylic acids is 3. The molecule has 0 bridgehead atoms. The highest BCUT2D eigenvalue weighted by Gasteiger charge is 2.24. The van der Waals surface area contributed by atoms with Crippen molar-refractivity contribution in [2.45, 2.75) is 63.8 Å². The standard InChI is InChI=1S/C23H33N3O3/c27-21(12-11-18-7-3-1-4-8-18)25-20-13-15-26(16-14-20)22(28)17-24-23(29)19-9-5-2-6-10-19/h2,5-6,9-10,18,20H,1,3-4,7-8,11-17H2,(H,24,29)(H,25,27). The van der Waals surface area contributed by atoms with Crippen molar-refractivity contribution in [3.8, 4) is 0 Å². The number of piperidine rings is 1. The first-order valence-electron chi connectivity index (χ1n) is 11.0. The van der Waals surface area contributed by atoms with Gasteiger partial charge in [-0.15, -0.1) is 0 Å². The summed E-state index contributed by atoms with van der Waals surface area (Å²) < 4.78 is 0. The molecular weight excluding hydrogens is 366 g/mol. The van der Waals surface area contributed by atoms with Gasteiger partial charge in [0.05, 0.1) is 6.54 Å². The summed E-state index contributed by atoms with van der Waals surface area (Å²) in [5.41, 5.74) is 0.551. The molecule has 6 heteroatoms. The molecule has 0 spiro atoms. The first-order valence-corrected chi connectivity index (χ1v) is 11.0. The van der Waals surface area contributed by atoms with Crippen molar-refractivity contribution in [1.82, 2.24) is 15.5 Å². The Morgan fingerprint density at radius 2 is 1.62 bits per heavy atom. The van der Waals surface area contributed by atoms with Crippen LogP contribution < -0.4 is 10.6 Å². The topological polar surface area (TPSA) is 78.5 Å². The summed E-state index contributed by atoms with van der Waals surface area (Å²) in [6.45, 7) is 1.24. The molecule has 0 atom stereocenters. The first-order chi connectivity index (χ1) is 14.1. The number of nitrogens with one attached hydrogen (secondary N) is 2. The van der Waals surface area contributed by atoms with Gasteiger partial charge in [0.1, 0.15) is 0 Å². The van der Waals surface area contributed by atoms with Gasteiger partial charge in [0.2, 0.25) is 11.8 Å². The van der Waals surface area contributed by atoms with Crippen LogP contribution in [-0.4, -0.2) is 48.3 Å². The highest BCUT2D eigenvalue weighted by atomic mass is 16.2. The van der Waals surface area contributed by atoms with Crippen molar-refractivity contribution in [3.63, 3.8) is 0 Å². The smallest absolute Gasteiger partial charge is 0.251 e. The molecule has 1 saturated heterocycles. The molecule has 2 fully saturated rings. The van der Waals surface area contributed by atoms with Gasteiger partial charge in [-0.25, -0.2) is 0 Å². The summed E-state index contributed by atoms with van der Waals surface area (Å²) in [6, 6.07) is 9.04. The molecule has 1 aliphatic heterocycles. The molecule has 1 heterocycles. The number of nitrogens with zero attached hydrogens (tertiary/aromatic N) is 1. The average Bonchev–Trinajstić information content (AvgIpc) is 2.77. The van der Waals surface area contributed by atoms with E-state index in [4.69, 9.17) is 0 Å². The fourth-order valence-corrected chi connectivity index (χ4v) is 4.34. The molecule has 1 saturated carbocycles. The van der Waals surface area contributed by atoms with Gasteiger partial charge in [-0.2, -0.15) is 0 Å². The van der Waals surface area contributed by atoms with E-state index in [9.17, 15) is 14.4 Å². The number of amides is 3. The summed E-state index contributed by atoms with van der Waals surface area (Å²) in [7, 11) is 0. The molecule has 158 valence electrons. The second-order valence-electron chi connectivity index (χ2n) is 8.31. The van der Waals surface area contributed by atoms with Gasteiger partial charge < -0.3 is 15.5 Å². The van der Waals surface area contributed by atoms with Gasteiger partial charge in [0.25, 0.3) is 5.91 Å². The van der Waals surface area contributed by atoms with Crippen molar-refractivity contribution in [3.05, 3.63) is 35.9 Å². The van der Waals surface area contributed by atoms with Crippen molar-refractivity contribution >= 4 is 17.7 Å². The quantitative estimate of drug-likeness (QED) is 0.740. The normalized spacial score (nSPS) is 18.3. The average molecular weight is 400 g/mol. The molecule has 29 heavy (non-hydrogen) atoms. The van der Waals surface area contributed by atoms with E-state index in [1.165, 1.54) is 32.1 Å². The van der Waals surface area contributed by atoms with Gasteiger partial charge >= 0.3 is 0 Å². The second kappa shape index (κ2) is 11.0. The highest BCUT2D eigenvalue weighted by molar-refractivity contribution is 5.96. The van der Waals surface area contributed by atoms with E-state index in [-0.39, 0.29) is 30.3 Å². The predicted molar refractivity (Wildman–Crippen MR) is 112 cm³/mol. The Bertz CT molecular complexity index is 678. The molecule has 1 aromatic carbocycles. The lowest BCUT2D eigenvalue weighted by Gasteiger charge is -2.32. The van der Waals surface area contributed by atoms with Crippen LogP contribution in [0.2, 0.25) is 0 Å². The largest absolute Gasteiger partial charge is 0.353 e. The molecule has 2 aliphatic rings. The van der Waals surface area contributed by atoms with Crippen LogP contribution in [0.1, 0.15) is 68.1 Å². The molecule has 0 radical (unpaired) electrons. The zero-order chi connectivity index (χ0) is 20.5. The maximum Gasteiger partial charge on any atom is 0.251 e. The summed E-state index contributed by atoms with van der Waals surface area (Å²) in [6.07, 6.45) is 9.68. The van der Waals surface area contributed by atoms with E-state index in [1.54, 1.807) is 29.2 Å². The van der Waals surface area contributed by atoms with E-state index < -0.39 is 0 Å². The van der Waals surface area contributed by atoms with E-state index in [0.29, 0.717) is 25.1 Å². The van der Waals surface area contributed by atoms with Gasteiger partial charge in [-0.3, -0.25) is 14.4 Å². The van der Waals surface area contributed by atoms with Crippen LogP contribution in [-0.2, 0) is 9.59 Å². The zero-order valence-electron chi connectivity index (χ0n) is 17.2. The highest BCUT2D eigenvalue weighted by Crippen LogP contribution is 2.27. The molecule has 3 amide bonds. The Morgan fingerprint density at radius 3 is 2.31 bits per heavy atom. The minimum atomic E-state index is -0.237. The Kier molecular flexibility index (Phi) is 8.08. The number of likely N-dealkylation sites (tertiary alicyclic amines) is 1. The molecule has 6 nitrogen and oxygen atoms in total. The Hall–Kier alpha value is -2.37. The van der Waals surface area contributed by atoms with Gasteiger partial charge in [-0.05, 0) is 37.3 Å². The summed E-state index contributed by atoms with van der Waals surface area (Å²) in [4.78, 5) is 38.4. The van der Waals surface area contributed by atoms with Crippen LogP contribution in [0.25, 0.3) is 0 Å². The molecule has 1 aromatic rings. The number of carbonyl (C=O) groups is 3.